The number of carboxylic acid groups (broad SMARTS) is 1. The van der Waals surface area contributed by atoms with E-state index in [0.717, 1.165) is 16.9 Å². The first-order valence-electron chi connectivity index (χ1n) is 11.2. The Balaban J connectivity index is 1.37. The monoisotopic (exact) mass is 484 g/mol. The minimum absolute atomic E-state index is 0.247. The molecule has 9 heteroatoms. The molecular formula is C25H27ClN3O5-. The number of ether oxygens (including phenoxy) is 3. The van der Waals surface area contributed by atoms with E-state index < -0.39 is 11.9 Å². The van der Waals surface area contributed by atoms with Gasteiger partial charge in [0.05, 0.1) is 19.5 Å². The normalized spacial score (nSPS) is 19.8. The fraction of sp³-hybridized carbons (Fsp3) is 0.360. The summed E-state index contributed by atoms with van der Waals surface area (Å²) < 4.78 is 20.4. The largest absolute Gasteiger partial charge is 0.530 e. The number of rotatable bonds is 10. The third-order valence-corrected chi connectivity index (χ3v) is 5.98. The first kappa shape index (κ1) is 24.1. The van der Waals surface area contributed by atoms with Crippen molar-refractivity contribution in [2.24, 2.45) is 0 Å². The van der Waals surface area contributed by atoms with Crippen molar-refractivity contribution in [1.29, 1.82) is 0 Å². The molecule has 34 heavy (non-hydrogen) atoms. The number of carbonyl (C=O) groups is 1. The predicted molar refractivity (Wildman–Crippen MR) is 126 cm³/mol. The Bertz CT molecular complexity index is 1060. The zero-order chi connectivity index (χ0) is 24.0. The van der Waals surface area contributed by atoms with Crippen LogP contribution in [0.15, 0.2) is 67.3 Å². The molecule has 2 unspecified atom stereocenters. The van der Waals surface area contributed by atoms with Gasteiger partial charge >= 0.3 is 0 Å². The zero-order valence-corrected chi connectivity index (χ0v) is 19.7. The van der Waals surface area contributed by atoms with Crippen LogP contribution in [0.25, 0.3) is 0 Å². The number of anilines is 1. The number of hydrogen-bond donors (Lipinski definition) is 0. The standard InChI is InChI=1S/C25H28ClN3O5/c1-2-29(24(30)31)21-7-9-22(10-8-21)32-15-23-16-33-25(34-23,17-28-14-13-27-18-28)12-11-19-3-5-20(26)6-4-19/h3-10,13-14,18,23H,2,11-12,15-17H2,1H3,(H,30,31)/p-1. The van der Waals surface area contributed by atoms with Crippen LogP contribution < -0.4 is 14.7 Å². The summed E-state index contributed by atoms with van der Waals surface area (Å²) >= 11 is 6.01. The lowest BCUT2D eigenvalue weighted by Crippen LogP contribution is -2.41. The number of carbonyl (C=O) groups excluding carboxylic acids is 1. The summed E-state index contributed by atoms with van der Waals surface area (Å²) in [6, 6.07) is 14.6. The fourth-order valence-electron chi connectivity index (χ4n) is 3.96. The minimum Gasteiger partial charge on any atom is -0.530 e. The van der Waals surface area contributed by atoms with Crippen LogP contribution in [-0.4, -0.2) is 47.3 Å². The number of amides is 1. The van der Waals surface area contributed by atoms with Crippen LogP contribution in [0.4, 0.5) is 10.5 Å². The average molecular weight is 485 g/mol. The Kier molecular flexibility index (Phi) is 7.72. The Hall–Kier alpha value is -3.07. The van der Waals surface area contributed by atoms with Gasteiger partial charge < -0.3 is 33.6 Å². The predicted octanol–water partition coefficient (Wildman–Crippen LogP) is 3.53. The fourth-order valence-corrected chi connectivity index (χ4v) is 4.09. The lowest BCUT2D eigenvalue weighted by Gasteiger charge is -2.28. The van der Waals surface area contributed by atoms with Crippen LogP contribution >= 0.6 is 11.6 Å². The SMILES string of the molecule is CCN(C(=O)[O-])c1ccc(OCC2COC(CCc3ccc(Cl)cc3)(Cn3ccnc3)O2)cc1. The van der Waals surface area contributed by atoms with Gasteiger partial charge in [0, 0.05) is 36.1 Å². The number of aryl methyl sites for hydroxylation is 1. The van der Waals surface area contributed by atoms with E-state index in [1.54, 1.807) is 43.7 Å². The van der Waals surface area contributed by atoms with Crippen LogP contribution in [0.1, 0.15) is 18.9 Å². The van der Waals surface area contributed by atoms with E-state index in [1.165, 1.54) is 0 Å². The molecule has 2 heterocycles. The zero-order valence-electron chi connectivity index (χ0n) is 18.9. The van der Waals surface area contributed by atoms with Crippen molar-refractivity contribution in [2.75, 3.05) is 24.7 Å². The van der Waals surface area contributed by atoms with E-state index in [-0.39, 0.29) is 6.10 Å². The number of hydrogen-bond acceptors (Lipinski definition) is 6. The van der Waals surface area contributed by atoms with Crippen molar-refractivity contribution in [3.63, 3.8) is 0 Å². The molecule has 0 aliphatic carbocycles. The van der Waals surface area contributed by atoms with Gasteiger partial charge in [0.2, 0.25) is 0 Å². The van der Waals surface area contributed by atoms with E-state index >= 15 is 0 Å². The van der Waals surface area contributed by atoms with Gasteiger partial charge in [-0.1, -0.05) is 23.7 Å². The van der Waals surface area contributed by atoms with Crippen molar-refractivity contribution in [3.8, 4) is 5.75 Å². The molecule has 0 radical (unpaired) electrons. The van der Waals surface area contributed by atoms with Crippen LogP contribution in [0.5, 0.6) is 5.75 Å². The quantitative estimate of drug-likeness (QED) is 0.437. The smallest absolute Gasteiger partial charge is 0.187 e. The molecule has 0 saturated carbocycles. The molecule has 0 spiro atoms. The topological polar surface area (TPSA) is 88.9 Å². The van der Waals surface area contributed by atoms with Crippen LogP contribution in [0.3, 0.4) is 0 Å². The van der Waals surface area contributed by atoms with Gasteiger partial charge in [-0.05, 0) is 55.3 Å². The molecule has 180 valence electrons. The van der Waals surface area contributed by atoms with Gasteiger partial charge in [0.15, 0.2) is 5.79 Å². The number of benzene rings is 2. The maximum atomic E-state index is 11.2. The molecule has 1 saturated heterocycles. The highest BCUT2D eigenvalue weighted by molar-refractivity contribution is 6.30. The maximum absolute atomic E-state index is 11.2. The van der Waals surface area contributed by atoms with Crippen LogP contribution in [-0.2, 0) is 22.4 Å². The van der Waals surface area contributed by atoms with E-state index in [4.69, 9.17) is 25.8 Å². The molecule has 3 aromatic rings. The minimum atomic E-state index is -1.24. The molecule has 1 aliphatic heterocycles. The van der Waals surface area contributed by atoms with Gasteiger partial charge in [-0.3, -0.25) is 0 Å². The maximum Gasteiger partial charge on any atom is 0.187 e. The molecule has 1 aliphatic rings. The second-order valence-corrected chi connectivity index (χ2v) is 8.57. The lowest BCUT2D eigenvalue weighted by molar-refractivity contribution is -0.246. The first-order chi connectivity index (χ1) is 16.5. The Labute approximate surface area is 203 Å². The molecule has 8 nitrogen and oxygen atoms in total. The van der Waals surface area contributed by atoms with Crippen molar-refractivity contribution in [3.05, 3.63) is 77.8 Å². The summed E-state index contributed by atoms with van der Waals surface area (Å²) in [5.74, 6) is -0.177. The second-order valence-electron chi connectivity index (χ2n) is 8.14. The van der Waals surface area contributed by atoms with E-state index in [2.05, 4.69) is 4.98 Å². The lowest BCUT2D eigenvalue weighted by atomic mass is 10.0. The summed E-state index contributed by atoms with van der Waals surface area (Å²) in [5, 5.41) is 11.9. The van der Waals surface area contributed by atoms with Crippen LogP contribution in [0.2, 0.25) is 5.02 Å². The molecule has 2 atom stereocenters. The number of nitrogens with zero attached hydrogens (tertiary/aromatic N) is 3. The highest BCUT2D eigenvalue weighted by Crippen LogP contribution is 2.31. The van der Waals surface area contributed by atoms with E-state index in [0.29, 0.717) is 49.2 Å². The summed E-state index contributed by atoms with van der Waals surface area (Å²) in [5.41, 5.74) is 1.69. The second kappa shape index (κ2) is 10.9. The molecule has 2 aromatic carbocycles. The van der Waals surface area contributed by atoms with Crippen LogP contribution in [0, 0.1) is 0 Å². The van der Waals surface area contributed by atoms with Crippen molar-refractivity contribution in [2.45, 2.75) is 38.2 Å². The summed E-state index contributed by atoms with van der Waals surface area (Å²) in [6.45, 7) is 3.29. The molecule has 0 bridgehead atoms. The number of aromatic nitrogens is 2. The van der Waals surface area contributed by atoms with E-state index in [9.17, 15) is 9.90 Å². The number of halogens is 1. The van der Waals surface area contributed by atoms with Gasteiger partial charge in [0.25, 0.3) is 0 Å². The molecule has 1 fully saturated rings. The molecule has 4 rings (SSSR count). The first-order valence-corrected chi connectivity index (χ1v) is 11.6. The van der Waals surface area contributed by atoms with Crippen molar-refractivity contribution >= 4 is 23.4 Å². The third-order valence-electron chi connectivity index (χ3n) is 5.73. The Morgan fingerprint density at radius 1 is 1.26 bits per heavy atom. The average Bonchev–Trinajstić information content (AvgIpc) is 3.49. The van der Waals surface area contributed by atoms with E-state index in [1.807, 2.05) is 35.0 Å². The van der Waals surface area contributed by atoms with Crippen molar-refractivity contribution in [1.82, 2.24) is 9.55 Å². The molecule has 0 N–H and O–H groups in total. The molecule has 1 aromatic heterocycles. The summed E-state index contributed by atoms with van der Waals surface area (Å²) in [7, 11) is 0. The summed E-state index contributed by atoms with van der Waals surface area (Å²) in [4.78, 5) is 16.5. The highest BCUT2D eigenvalue weighted by atomic mass is 35.5. The Morgan fingerprint density at radius 3 is 2.68 bits per heavy atom. The van der Waals surface area contributed by atoms with Crippen molar-refractivity contribution < 1.29 is 24.1 Å². The molecular weight excluding hydrogens is 458 g/mol. The summed E-state index contributed by atoms with van der Waals surface area (Å²) in [6.07, 6.45) is 5.31. The van der Waals surface area contributed by atoms with Gasteiger partial charge in [-0.2, -0.15) is 0 Å². The Morgan fingerprint density at radius 2 is 2.03 bits per heavy atom. The van der Waals surface area contributed by atoms with Gasteiger partial charge in [-0.15, -0.1) is 0 Å². The van der Waals surface area contributed by atoms with Gasteiger partial charge in [-0.25, -0.2) is 4.98 Å². The third kappa shape index (κ3) is 6.08. The number of imidazole rings is 1. The van der Waals surface area contributed by atoms with Gasteiger partial charge in [0.1, 0.15) is 24.6 Å². The molecule has 1 amide bonds. The highest BCUT2D eigenvalue weighted by Gasteiger charge is 2.42.